The van der Waals surface area contributed by atoms with Crippen molar-refractivity contribution in [3.63, 3.8) is 0 Å². The number of aromatic nitrogens is 1. The number of alkyl halides is 1. The Balaban J connectivity index is 0.000000352. The molecule has 5 heterocycles. The van der Waals surface area contributed by atoms with Crippen LogP contribution in [-0.4, -0.2) is 83.3 Å². The minimum Gasteiger partial charge on any atom is -0.508 e. The minimum atomic E-state index is -0.574. The van der Waals surface area contributed by atoms with Crippen LogP contribution in [0.2, 0.25) is 0 Å². The second kappa shape index (κ2) is 14.0. The predicted octanol–water partition coefficient (Wildman–Crippen LogP) is 6.86. The number of amidine groups is 1. The van der Waals surface area contributed by atoms with Gasteiger partial charge in [-0.3, -0.25) is 9.88 Å². The van der Waals surface area contributed by atoms with E-state index in [0.717, 1.165) is 51.7 Å². The van der Waals surface area contributed by atoms with Gasteiger partial charge < -0.3 is 20.1 Å². The van der Waals surface area contributed by atoms with Crippen molar-refractivity contribution in [3.05, 3.63) is 71.2 Å². The van der Waals surface area contributed by atoms with Gasteiger partial charge in [-0.15, -0.1) is 0 Å². The average molecular weight is 636 g/mol. The number of piperazine rings is 1. The van der Waals surface area contributed by atoms with Crippen LogP contribution in [-0.2, 0) is 4.74 Å². The second-order valence-corrected chi connectivity index (χ2v) is 12.9. The van der Waals surface area contributed by atoms with E-state index in [9.17, 15) is 13.9 Å². The number of pyridine rings is 1. The molecule has 0 radical (unpaired) electrons. The van der Waals surface area contributed by atoms with E-state index in [4.69, 9.17) is 9.73 Å². The third-order valence-corrected chi connectivity index (χ3v) is 9.68. The summed E-state index contributed by atoms with van der Waals surface area (Å²) >= 11 is 0. The molecule has 4 fully saturated rings. The van der Waals surface area contributed by atoms with E-state index in [0.29, 0.717) is 52.9 Å². The number of aliphatic imine (C=N–C) groups is 1. The first-order valence-electron chi connectivity index (χ1n) is 16.5. The molecular formula is C36H44F3N5O2. The van der Waals surface area contributed by atoms with Crippen LogP contribution in [0.3, 0.4) is 0 Å². The monoisotopic (exact) mass is 635 g/mol. The number of benzene rings is 2. The normalized spacial score (nSPS) is 24.7. The molecule has 3 aromatic rings. The number of phenols is 1. The smallest absolute Gasteiger partial charge is 0.210 e. The first-order chi connectivity index (χ1) is 22.2. The number of rotatable bonds is 6. The lowest BCUT2D eigenvalue weighted by Gasteiger charge is -2.35. The Bertz CT molecular complexity index is 1600. The van der Waals surface area contributed by atoms with Crippen LogP contribution < -0.4 is 5.32 Å². The van der Waals surface area contributed by atoms with E-state index in [-0.39, 0.29) is 22.4 Å². The topological polar surface area (TPSA) is 73.2 Å². The van der Waals surface area contributed by atoms with Crippen molar-refractivity contribution < 1.29 is 23.0 Å². The van der Waals surface area contributed by atoms with E-state index in [1.807, 2.05) is 6.08 Å². The molecule has 4 atom stereocenters. The molecule has 7 nitrogen and oxygen atoms in total. The molecule has 246 valence electrons. The number of fused-ring (bicyclic) bond motifs is 4. The molecule has 10 heteroatoms. The molecule has 46 heavy (non-hydrogen) atoms. The third kappa shape index (κ3) is 6.74. The highest BCUT2D eigenvalue weighted by Crippen LogP contribution is 2.36. The zero-order valence-electron chi connectivity index (χ0n) is 26.9. The van der Waals surface area contributed by atoms with Crippen LogP contribution in [0.1, 0.15) is 63.0 Å². The molecule has 4 unspecified atom stereocenters. The Morgan fingerprint density at radius 2 is 1.93 bits per heavy atom. The van der Waals surface area contributed by atoms with Gasteiger partial charge >= 0.3 is 0 Å². The van der Waals surface area contributed by atoms with E-state index in [2.05, 4.69) is 27.0 Å². The summed E-state index contributed by atoms with van der Waals surface area (Å²) in [4.78, 5) is 13.8. The summed E-state index contributed by atoms with van der Waals surface area (Å²) in [5.41, 5.74) is 1.11. The molecule has 0 aliphatic carbocycles. The van der Waals surface area contributed by atoms with Crippen molar-refractivity contribution in [2.45, 2.75) is 83.1 Å². The molecule has 1 aromatic heterocycles. The highest BCUT2D eigenvalue weighted by molar-refractivity contribution is 6.02. The highest BCUT2D eigenvalue weighted by atomic mass is 19.1. The van der Waals surface area contributed by atoms with Gasteiger partial charge in [-0.25, -0.2) is 13.2 Å². The van der Waals surface area contributed by atoms with Gasteiger partial charge in [0.25, 0.3) is 0 Å². The molecular weight excluding hydrogens is 591 g/mol. The molecule has 4 aliphatic rings. The van der Waals surface area contributed by atoms with Crippen molar-refractivity contribution >= 4 is 16.6 Å². The highest BCUT2D eigenvalue weighted by Gasteiger charge is 2.36. The predicted molar refractivity (Wildman–Crippen MR) is 176 cm³/mol. The molecule has 2 N–H and O–H groups in total. The van der Waals surface area contributed by atoms with Gasteiger partial charge in [-0.2, -0.15) is 4.99 Å². The number of likely N-dealkylation sites (tertiary alicyclic amines) is 1. The number of methoxy groups -OCH3 is 1. The number of phenolic OH excluding ortho intramolecular Hbond substituents is 1. The maximum atomic E-state index is 16.1. The Labute approximate surface area is 269 Å². The Hall–Kier alpha value is -3.63. The maximum Gasteiger partial charge on any atom is 0.210 e. The summed E-state index contributed by atoms with van der Waals surface area (Å²) in [6, 6.07) is 8.69. The number of unbranched alkanes of at least 4 members (excludes halogenated alkanes) is 1. The lowest BCUT2D eigenvalue weighted by molar-refractivity contribution is 0.273. The van der Waals surface area contributed by atoms with Crippen LogP contribution in [0.5, 0.6) is 5.75 Å². The lowest BCUT2D eigenvalue weighted by atomic mass is 9.98. The molecule has 4 aliphatic heterocycles. The van der Waals surface area contributed by atoms with Gasteiger partial charge in [0.1, 0.15) is 29.3 Å². The number of allylic oxidation sites excluding steroid dienone is 1. The Kier molecular flexibility index (Phi) is 9.84. The number of nitrogens with zero attached hydrogens (tertiary/aromatic N) is 4. The molecule has 7 rings (SSSR count). The molecule has 0 spiro atoms. The fourth-order valence-electron chi connectivity index (χ4n) is 7.39. The summed E-state index contributed by atoms with van der Waals surface area (Å²) in [6.07, 6.45) is 10.3. The second-order valence-electron chi connectivity index (χ2n) is 12.9. The fraction of sp³-hybridized carbons (Fsp3) is 0.500. The van der Waals surface area contributed by atoms with Crippen LogP contribution in [0, 0.1) is 18.6 Å². The lowest BCUT2D eigenvalue weighted by Crippen LogP contribution is -2.53. The van der Waals surface area contributed by atoms with Gasteiger partial charge in [-0.1, -0.05) is 25.5 Å². The van der Waals surface area contributed by atoms with Crippen LogP contribution in [0.25, 0.3) is 22.0 Å². The SMILES string of the molecule is CCC/C=C(/N=C(\c1cnc(-c2cc(O)cc3cccc(F)c23)c(F)c1C)N1CC2CCC(C1)N2)OC.FC1CC2CCCN2C1. The third-order valence-electron chi connectivity index (χ3n) is 9.68. The maximum absolute atomic E-state index is 16.1. The minimum absolute atomic E-state index is 0.0135. The van der Waals surface area contributed by atoms with Gasteiger partial charge in [0.05, 0.1) is 7.11 Å². The summed E-state index contributed by atoms with van der Waals surface area (Å²) in [5.74, 6) is -0.0623. The van der Waals surface area contributed by atoms with Gasteiger partial charge in [0.15, 0.2) is 5.82 Å². The number of halogens is 3. The standard InChI is InChI=1S/C29H32F2N4O2.C7H12FN/c1-4-5-9-25(37-3)34-29(35-15-19-10-11-20(16-35)33-19)23-14-32-28(27(31)17(23)2)22-13-21(36)12-18-7-6-8-24(30)26(18)22;8-6-4-7-2-1-3-9(7)5-6/h6-9,12-14,19-20,33,36H,4-5,10-11,15-16H2,1-3H3;6-7H,1-5H2/b25-9-,34-29+;. The van der Waals surface area contributed by atoms with Crippen LogP contribution >= 0.6 is 0 Å². The zero-order valence-corrected chi connectivity index (χ0v) is 26.9. The number of aromatic hydroxyl groups is 1. The molecule has 0 saturated carbocycles. The molecule has 2 aromatic carbocycles. The fourth-order valence-corrected chi connectivity index (χ4v) is 7.39. The first kappa shape index (κ1) is 32.3. The summed E-state index contributed by atoms with van der Waals surface area (Å²) in [5, 5.41) is 14.6. The van der Waals surface area contributed by atoms with Gasteiger partial charge in [-0.05, 0) is 87.2 Å². The molecule has 2 bridgehead atoms. The molecule has 0 amide bonds. The van der Waals surface area contributed by atoms with E-state index < -0.39 is 17.8 Å². The number of nitrogens with one attached hydrogen (secondary N) is 1. The Morgan fingerprint density at radius 3 is 2.65 bits per heavy atom. The number of hydrogen-bond donors (Lipinski definition) is 2. The number of ether oxygens (including phenoxy) is 1. The van der Waals surface area contributed by atoms with Crippen LogP contribution in [0.4, 0.5) is 13.2 Å². The van der Waals surface area contributed by atoms with Crippen molar-refractivity contribution in [1.29, 1.82) is 0 Å². The van der Waals surface area contributed by atoms with Crippen molar-refractivity contribution in [2.24, 2.45) is 4.99 Å². The van der Waals surface area contributed by atoms with E-state index >= 15 is 4.39 Å². The van der Waals surface area contributed by atoms with Crippen molar-refractivity contribution in [1.82, 2.24) is 20.1 Å². The Morgan fingerprint density at radius 1 is 1.15 bits per heavy atom. The summed E-state index contributed by atoms with van der Waals surface area (Å²) in [7, 11) is 1.58. The molecule has 4 saturated heterocycles. The quantitative estimate of drug-likeness (QED) is 0.175. The average Bonchev–Trinajstić information content (AvgIpc) is 3.73. The van der Waals surface area contributed by atoms with Crippen LogP contribution in [0.15, 0.2) is 53.5 Å². The van der Waals surface area contributed by atoms with Crippen molar-refractivity contribution in [3.8, 4) is 17.0 Å². The zero-order chi connectivity index (χ0) is 32.4. The van der Waals surface area contributed by atoms with E-state index in [1.165, 1.54) is 31.0 Å². The van der Waals surface area contributed by atoms with Gasteiger partial charge in [0, 0.05) is 60.5 Å². The van der Waals surface area contributed by atoms with Gasteiger partial charge in [0.2, 0.25) is 5.88 Å². The van der Waals surface area contributed by atoms with Crippen molar-refractivity contribution in [2.75, 3.05) is 33.3 Å². The summed E-state index contributed by atoms with van der Waals surface area (Å²) < 4.78 is 49.0. The van der Waals surface area contributed by atoms with E-state index in [1.54, 1.807) is 32.4 Å². The number of hydrogen-bond acceptors (Lipinski definition) is 6. The first-order valence-corrected chi connectivity index (χ1v) is 16.5. The largest absolute Gasteiger partial charge is 0.508 e. The summed E-state index contributed by atoms with van der Waals surface area (Å²) in [6.45, 7) is 7.14.